The first-order chi connectivity index (χ1) is 13.2. The van der Waals surface area contributed by atoms with E-state index in [0.717, 1.165) is 19.4 Å². The Labute approximate surface area is 165 Å². The maximum atomic E-state index is 11.5. The second-order valence-electron chi connectivity index (χ2n) is 6.52. The molecule has 1 aliphatic heterocycles. The molecule has 1 saturated heterocycles. The Morgan fingerprint density at radius 2 is 1.64 bits per heavy atom. The van der Waals surface area contributed by atoms with Crippen LogP contribution in [0.25, 0.3) is 0 Å². The van der Waals surface area contributed by atoms with E-state index in [1.807, 2.05) is 11.9 Å². The summed E-state index contributed by atoms with van der Waals surface area (Å²) in [6.07, 6.45) is 2.93. The zero-order valence-electron chi connectivity index (χ0n) is 16.8. The fourth-order valence-corrected chi connectivity index (χ4v) is 2.77. The van der Waals surface area contributed by atoms with Crippen molar-refractivity contribution in [2.45, 2.75) is 58.2 Å². The highest BCUT2D eigenvalue weighted by Crippen LogP contribution is 2.25. The van der Waals surface area contributed by atoms with E-state index in [0.29, 0.717) is 13.2 Å². The van der Waals surface area contributed by atoms with Gasteiger partial charge in [-0.2, -0.15) is 0 Å². The van der Waals surface area contributed by atoms with E-state index < -0.39 is 42.5 Å². The van der Waals surface area contributed by atoms with Gasteiger partial charge in [-0.3, -0.25) is 19.3 Å². The molecule has 1 rings (SSSR count). The first kappa shape index (κ1) is 23.9. The number of hydrogen-bond acceptors (Lipinski definition) is 9. The maximum Gasteiger partial charge on any atom is 0.303 e. The van der Waals surface area contributed by atoms with Crippen LogP contribution in [-0.2, 0) is 38.1 Å². The Hall–Kier alpha value is -2.15. The number of ether oxygens (including phenoxy) is 5. The molecule has 9 nitrogen and oxygen atoms in total. The quantitative estimate of drug-likeness (QED) is 0.225. The summed E-state index contributed by atoms with van der Waals surface area (Å²) in [5.41, 5.74) is 0. The number of unbranched alkanes of at least 4 members (excludes halogenated alkanes) is 1. The van der Waals surface area contributed by atoms with Gasteiger partial charge in [-0.25, -0.2) is 0 Å². The van der Waals surface area contributed by atoms with Crippen LogP contribution < -0.4 is 0 Å². The standard InChI is InChI=1S/C19H29NO8/c1-6-9-20(5)10-7-8-11-24-19-18(28-15(4)23)17(27-14(3)22)16(12-25-19)26-13(2)21/h1,16-19H,7-12H2,2-5H3/t16-,17-,18+,19-/m0/s1. The number of hydrogen-bond donors (Lipinski definition) is 0. The first-order valence-corrected chi connectivity index (χ1v) is 9.11. The fraction of sp³-hybridized carbons (Fsp3) is 0.737. The van der Waals surface area contributed by atoms with Gasteiger partial charge in [0.1, 0.15) is 0 Å². The van der Waals surface area contributed by atoms with Crippen LogP contribution in [0, 0.1) is 12.3 Å². The van der Waals surface area contributed by atoms with Crippen LogP contribution in [0.3, 0.4) is 0 Å². The Bertz CT molecular complexity index is 573. The predicted octanol–water partition coefficient (Wildman–Crippen LogP) is 0.500. The molecule has 0 bridgehead atoms. The largest absolute Gasteiger partial charge is 0.456 e. The zero-order valence-corrected chi connectivity index (χ0v) is 16.8. The van der Waals surface area contributed by atoms with Crippen LogP contribution in [0.5, 0.6) is 0 Å². The van der Waals surface area contributed by atoms with Gasteiger partial charge in [0, 0.05) is 27.4 Å². The van der Waals surface area contributed by atoms with Crippen LogP contribution in [-0.4, -0.2) is 80.8 Å². The van der Waals surface area contributed by atoms with E-state index >= 15 is 0 Å². The van der Waals surface area contributed by atoms with Crippen LogP contribution in [0.2, 0.25) is 0 Å². The summed E-state index contributed by atoms with van der Waals surface area (Å²) in [6, 6.07) is 0. The molecule has 0 unspecified atom stereocenters. The second kappa shape index (κ2) is 12.3. The average molecular weight is 399 g/mol. The molecule has 1 aliphatic rings. The monoisotopic (exact) mass is 399 g/mol. The highest BCUT2D eigenvalue weighted by Gasteiger charge is 2.47. The van der Waals surface area contributed by atoms with Crippen molar-refractivity contribution in [3.05, 3.63) is 0 Å². The molecule has 0 aliphatic carbocycles. The summed E-state index contributed by atoms with van der Waals surface area (Å²) in [4.78, 5) is 36.4. The number of rotatable bonds is 10. The summed E-state index contributed by atoms with van der Waals surface area (Å²) < 4.78 is 27.0. The Balaban J connectivity index is 2.70. The Kier molecular flexibility index (Phi) is 10.5. The Morgan fingerprint density at radius 3 is 2.21 bits per heavy atom. The lowest BCUT2D eigenvalue weighted by molar-refractivity contribution is -0.281. The molecule has 0 spiro atoms. The molecular weight excluding hydrogens is 370 g/mol. The van der Waals surface area contributed by atoms with Crippen molar-refractivity contribution in [3.63, 3.8) is 0 Å². The van der Waals surface area contributed by atoms with E-state index in [9.17, 15) is 14.4 Å². The molecule has 1 heterocycles. The fourth-order valence-electron chi connectivity index (χ4n) is 2.77. The van der Waals surface area contributed by atoms with Crippen molar-refractivity contribution in [1.29, 1.82) is 0 Å². The second-order valence-corrected chi connectivity index (χ2v) is 6.52. The van der Waals surface area contributed by atoms with Gasteiger partial charge in [-0.15, -0.1) is 6.42 Å². The van der Waals surface area contributed by atoms with Gasteiger partial charge < -0.3 is 23.7 Å². The molecule has 158 valence electrons. The van der Waals surface area contributed by atoms with Crippen LogP contribution in [0.15, 0.2) is 0 Å². The smallest absolute Gasteiger partial charge is 0.303 e. The Morgan fingerprint density at radius 1 is 1.04 bits per heavy atom. The molecule has 0 aromatic rings. The highest BCUT2D eigenvalue weighted by molar-refractivity contribution is 5.68. The van der Waals surface area contributed by atoms with Crippen LogP contribution in [0.4, 0.5) is 0 Å². The van der Waals surface area contributed by atoms with Gasteiger partial charge in [-0.1, -0.05) is 5.92 Å². The number of carbonyl (C=O) groups is 3. The average Bonchev–Trinajstić information content (AvgIpc) is 2.58. The van der Waals surface area contributed by atoms with Crippen molar-refractivity contribution in [3.8, 4) is 12.3 Å². The van der Waals surface area contributed by atoms with Gasteiger partial charge >= 0.3 is 17.9 Å². The van der Waals surface area contributed by atoms with E-state index in [4.69, 9.17) is 30.1 Å². The molecule has 28 heavy (non-hydrogen) atoms. The predicted molar refractivity (Wildman–Crippen MR) is 97.9 cm³/mol. The van der Waals surface area contributed by atoms with Gasteiger partial charge in [0.15, 0.2) is 24.6 Å². The number of carbonyl (C=O) groups excluding carboxylic acids is 3. The minimum Gasteiger partial charge on any atom is -0.456 e. The van der Waals surface area contributed by atoms with Gasteiger partial charge in [-0.05, 0) is 26.4 Å². The highest BCUT2D eigenvalue weighted by atomic mass is 16.7. The normalized spacial score (nSPS) is 24.3. The van der Waals surface area contributed by atoms with Crippen molar-refractivity contribution in [1.82, 2.24) is 4.90 Å². The minimum atomic E-state index is -1.05. The van der Waals surface area contributed by atoms with Crippen molar-refractivity contribution >= 4 is 17.9 Å². The summed E-state index contributed by atoms with van der Waals surface area (Å²) in [5, 5.41) is 0. The molecule has 0 aromatic carbocycles. The summed E-state index contributed by atoms with van der Waals surface area (Å²) >= 11 is 0. The molecule has 4 atom stereocenters. The molecule has 1 fully saturated rings. The lowest BCUT2D eigenvalue weighted by Gasteiger charge is -2.40. The third-order valence-corrected chi connectivity index (χ3v) is 3.88. The third kappa shape index (κ3) is 8.69. The molecule has 0 saturated carbocycles. The SMILES string of the molecule is C#CCN(C)CCCCO[C@H]1OC[C@H](OC(C)=O)[C@H](OC(C)=O)[C@H]1OC(C)=O. The summed E-state index contributed by atoms with van der Waals surface area (Å²) in [7, 11) is 1.93. The van der Waals surface area contributed by atoms with E-state index in [1.165, 1.54) is 20.8 Å². The number of esters is 3. The number of terminal acetylenes is 1. The molecule has 0 amide bonds. The molecule has 0 N–H and O–H groups in total. The summed E-state index contributed by atoms with van der Waals surface area (Å²) in [6.45, 7) is 5.35. The maximum absolute atomic E-state index is 11.5. The molecule has 0 radical (unpaired) electrons. The summed E-state index contributed by atoms with van der Waals surface area (Å²) in [5.74, 6) is 0.805. The third-order valence-electron chi connectivity index (χ3n) is 3.88. The van der Waals surface area contributed by atoms with Crippen molar-refractivity contribution in [2.24, 2.45) is 0 Å². The molecule has 0 aromatic heterocycles. The van der Waals surface area contributed by atoms with Crippen molar-refractivity contribution in [2.75, 3.05) is 33.4 Å². The van der Waals surface area contributed by atoms with Crippen LogP contribution in [0.1, 0.15) is 33.6 Å². The first-order valence-electron chi connectivity index (χ1n) is 9.11. The molecular formula is C19H29NO8. The topological polar surface area (TPSA) is 101 Å². The minimum absolute atomic E-state index is 0.0507. The van der Waals surface area contributed by atoms with Crippen LogP contribution >= 0.6 is 0 Å². The zero-order chi connectivity index (χ0) is 21.1. The molecule has 9 heteroatoms. The van der Waals surface area contributed by atoms with Gasteiger partial charge in [0.05, 0.1) is 13.2 Å². The lowest BCUT2D eigenvalue weighted by atomic mass is 10.0. The number of nitrogens with zero attached hydrogens (tertiary/aromatic N) is 1. The van der Waals surface area contributed by atoms with Gasteiger partial charge in [0.25, 0.3) is 0 Å². The van der Waals surface area contributed by atoms with E-state index in [2.05, 4.69) is 5.92 Å². The lowest BCUT2D eigenvalue weighted by Crippen LogP contribution is -2.58. The van der Waals surface area contributed by atoms with E-state index in [-0.39, 0.29) is 6.61 Å². The van der Waals surface area contributed by atoms with E-state index in [1.54, 1.807) is 0 Å². The van der Waals surface area contributed by atoms with Crippen molar-refractivity contribution < 1.29 is 38.1 Å². The van der Waals surface area contributed by atoms with Gasteiger partial charge in [0.2, 0.25) is 0 Å².